The monoisotopic (exact) mass is 281 g/mol. The second-order valence-corrected chi connectivity index (χ2v) is 5.10. The molecule has 110 valence electrons. The van der Waals surface area contributed by atoms with Gasteiger partial charge in [0.2, 0.25) is 0 Å². The molecule has 0 saturated heterocycles. The molecule has 0 aliphatic rings. The second kappa shape index (κ2) is 6.91. The number of nitrogens with one attached hydrogen (secondary N) is 1. The Morgan fingerprint density at radius 3 is 2.40 bits per heavy atom. The molecule has 1 aromatic carbocycles. The van der Waals surface area contributed by atoms with Crippen LogP contribution in [0.5, 0.6) is 0 Å². The molecule has 0 aromatic heterocycles. The molecule has 1 aromatic rings. The lowest BCUT2D eigenvalue weighted by Crippen LogP contribution is -2.35. The molecule has 20 heavy (non-hydrogen) atoms. The van der Waals surface area contributed by atoms with E-state index in [1.54, 1.807) is 32.9 Å². The molecule has 0 amide bonds. The third kappa shape index (κ3) is 6.19. The van der Waals surface area contributed by atoms with Gasteiger partial charge in [-0.3, -0.25) is 4.79 Å². The van der Waals surface area contributed by atoms with Gasteiger partial charge in [0.15, 0.2) is 0 Å². The number of carbonyl (C=O) groups excluding carboxylic acids is 2. The van der Waals surface area contributed by atoms with Crippen molar-refractivity contribution >= 4 is 17.6 Å². The first-order valence-corrected chi connectivity index (χ1v) is 6.17. The van der Waals surface area contributed by atoms with E-state index in [4.69, 9.17) is 4.74 Å². The van der Waals surface area contributed by atoms with Crippen LogP contribution in [0.4, 0.5) is 5.69 Å². The fourth-order valence-electron chi connectivity index (χ4n) is 1.30. The smallest absolute Gasteiger partial charge is 0.376 e. The van der Waals surface area contributed by atoms with Gasteiger partial charge in [-0.2, -0.15) is 0 Å². The van der Waals surface area contributed by atoms with Crippen molar-refractivity contribution in [1.82, 2.24) is 0 Å². The zero-order valence-electron chi connectivity index (χ0n) is 11.8. The molecule has 6 nitrogen and oxygen atoms in total. The van der Waals surface area contributed by atoms with Crippen molar-refractivity contribution < 1.29 is 24.2 Å². The van der Waals surface area contributed by atoms with Crippen LogP contribution in [0.15, 0.2) is 30.3 Å². The summed E-state index contributed by atoms with van der Waals surface area (Å²) in [6.07, 6.45) is -1.92. The number of benzene rings is 1. The largest absolute Gasteiger partial charge is 0.455 e. The van der Waals surface area contributed by atoms with Crippen LogP contribution >= 0.6 is 0 Å². The summed E-state index contributed by atoms with van der Waals surface area (Å²) in [4.78, 5) is 22.8. The van der Waals surface area contributed by atoms with Crippen molar-refractivity contribution in [2.75, 3.05) is 11.9 Å². The summed E-state index contributed by atoms with van der Waals surface area (Å²) in [6.45, 7) is 4.78. The maximum atomic E-state index is 11.4. The number of rotatable bonds is 5. The molecular weight excluding hydrogens is 262 g/mol. The Balaban J connectivity index is 2.36. The number of para-hydroxylation sites is 1. The van der Waals surface area contributed by atoms with Crippen molar-refractivity contribution in [2.45, 2.75) is 32.7 Å². The van der Waals surface area contributed by atoms with Crippen LogP contribution in [-0.4, -0.2) is 35.5 Å². The van der Waals surface area contributed by atoms with E-state index >= 15 is 0 Å². The minimum absolute atomic E-state index is 0.163. The Morgan fingerprint density at radius 1 is 1.25 bits per heavy atom. The predicted molar refractivity (Wildman–Crippen MR) is 72.9 cm³/mol. The van der Waals surface area contributed by atoms with E-state index in [0.29, 0.717) is 0 Å². The highest BCUT2D eigenvalue weighted by Crippen LogP contribution is 2.09. The molecule has 1 rings (SSSR count). The third-order valence-corrected chi connectivity index (χ3v) is 2.06. The predicted octanol–water partition coefficient (Wildman–Crippen LogP) is 1.30. The minimum Gasteiger partial charge on any atom is -0.455 e. The molecule has 6 heteroatoms. The highest BCUT2D eigenvalue weighted by atomic mass is 16.7. The van der Waals surface area contributed by atoms with Crippen molar-refractivity contribution in [3.05, 3.63) is 30.3 Å². The summed E-state index contributed by atoms with van der Waals surface area (Å²) >= 11 is 0. The molecular formula is C14H19NO5. The van der Waals surface area contributed by atoms with Crippen LogP contribution in [0.2, 0.25) is 0 Å². The molecule has 0 aliphatic carbocycles. The van der Waals surface area contributed by atoms with Crippen LogP contribution in [0.3, 0.4) is 0 Å². The molecule has 0 saturated carbocycles. The Labute approximate surface area is 117 Å². The summed E-state index contributed by atoms with van der Waals surface area (Å²) in [6, 6.07) is 9.01. The summed E-state index contributed by atoms with van der Waals surface area (Å²) in [5, 5.41) is 12.2. The molecule has 0 spiro atoms. The Morgan fingerprint density at radius 2 is 1.85 bits per heavy atom. The van der Waals surface area contributed by atoms with Gasteiger partial charge < -0.3 is 19.9 Å². The van der Waals surface area contributed by atoms with Crippen LogP contribution < -0.4 is 5.32 Å². The van der Waals surface area contributed by atoms with Gasteiger partial charge in [-0.15, -0.1) is 0 Å². The summed E-state index contributed by atoms with van der Waals surface area (Å²) < 4.78 is 9.44. The van der Waals surface area contributed by atoms with Gasteiger partial charge in [0.1, 0.15) is 12.1 Å². The number of esters is 2. The topological polar surface area (TPSA) is 84.9 Å². The summed E-state index contributed by atoms with van der Waals surface area (Å²) in [5.74, 6) is -1.75. The molecule has 0 bridgehead atoms. The molecule has 0 radical (unpaired) electrons. The van der Waals surface area contributed by atoms with Crippen LogP contribution in [-0.2, 0) is 19.1 Å². The molecule has 1 atom stereocenters. The third-order valence-electron chi connectivity index (χ3n) is 2.06. The highest BCUT2D eigenvalue weighted by Gasteiger charge is 2.26. The molecule has 0 aliphatic heterocycles. The first-order chi connectivity index (χ1) is 9.28. The van der Waals surface area contributed by atoms with Gasteiger partial charge in [0, 0.05) is 5.69 Å². The van der Waals surface area contributed by atoms with Crippen molar-refractivity contribution in [3.63, 3.8) is 0 Å². The van der Waals surface area contributed by atoms with Crippen LogP contribution in [0, 0.1) is 0 Å². The second-order valence-electron chi connectivity index (χ2n) is 5.10. The van der Waals surface area contributed by atoms with Crippen molar-refractivity contribution in [3.8, 4) is 0 Å². The number of hydrogen-bond donors (Lipinski definition) is 2. The van der Waals surface area contributed by atoms with Crippen LogP contribution in [0.1, 0.15) is 20.8 Å². The Kier molecular flexibility index (Phi) is 5.52. The molecule has 0 heterocycles. The Bertz CT molecular complexity index is 452. The van der Waals surface area contributed by atoms with E-state index in [1.165, 1.54) is 0 Å². The van der Waals surface area contributed by atoms with Gasteiger partial charge in [0.05, 0.1) is 0 Å². The van der Waals surface area contributed by atoms with E-state index in [0.717, 1.165) is 5.69 Å². The van der Waals surface area contributed by atoms with E-state index in [1.807, 2.05) is 18.2 Å². The molecule has 1 unspecified atom stereocenters. The normalized spacial score (nSPS) is 12.4. The number of carbonyl (C=O) groups is 2. The lowest BCUT2D eigenvalue weighted by Gasteiger charge is -2.21. The van der Waals surface area contributed by atoms with Gasteiger partial charge in [-0.1, -0.05) is 18.2 Å². The standard InChI is InChI=1S/C14H19NO5/c1-14(2,3)20-13(18)12(17)19-11(16)9-15-10-7-5-4-6-8-10/h4-8,12,15,17H,9H2,1-3H3. The summed E-state index contributed by atoms with van der Waals surface area (Å²) in [5.41, 5.74) is -0.0246. The average molecular weight is 281 g/mol. The quantitative estimate of drug-likeness (QED) is 0.625. The van der Waals surface area contributed by atoms with E-state index in [-0.39, 0.29) is 6.54 Å². The number of aliphatic hydroxyl groups excluding tert-OH is 1. The van der Waals surface area contributed by atoms with E-state index in [9.17, 15) is 14.7 Å². The summed E-state index contributed by atoms with van der Waals surface area (Å²) in [7, 11) is 0. The first kappa shape index (κ1) is 16.0. The number of aliphatic hydroxyl groups is 1. The number of hydrogen-bond acceptors (Lipinski definition) is 6. The Hall–Kier alpha value is -2.08. The van der Waals surface area contributed by atoms with Crippen molar-refractivity contribution in [1.29, 1.82) is 0 Å². The fraction of sp³-hybridized carbons (Fsp3) is 0.429. The maximum absolute atomic E-state index is 11.4. The van der Waals surface area contributed by atoms with E-state index < -0.39 is 23.8 Å². The zero-order valence-corrected chi connectivity index (χ0v) is 11.8. The van der Waals surface area contributed by atoms with E-state index in [2.05, 4.69) is 10.1 Å². The molecule has 0 fully saturated rings. The minimum atomic E-state index is -1.92. The maximum Gasteiger partial charge on any atom is 0.376 e. The number of ether oxygens (including phenoxy) is 2. The highest BCUT2D eigenvalue weighted by molar-refractivity contribution is 5.80. The first-order valence-electron chi connectivity index (χ1n) is 6.17. The number of anilines is 1. The fourth-order valence-corrected chi connectivity index (χ4v) is 1.30. The van der Waals surface area contributed by atoms with Crippen LogP contribution in [0.25, 0.3) is 0 Å². The van der Waals surface area contributed by atoms with Gasteiger partial charge in [-0.25, -0.2) is 4.79 Å². The SMILES string of the molecule is CC(C)(C)OC(=O)C(O)OC(=O)CNc1ccccc1. The van der Waals surface area contributed by atoms with Gasteiger partial charge >= 0.3 is 11.9 Å². The average Bonchev–Trinajstić information content (AvgIpc) is 2.35. The van der Waals surface area contributed by atoms with Gasteiger partial charge in [-0.05, 0) is 32.9 Å². The van der Waals surface area contributed by atoms with Gasteiger partial charge in [0.25, 0.3) is 6.29 Å². The lowest BCUT2D eigenvalue weighted by atomic mass is 10.2. The molecule has 2 N–H and O–H groups in total. The zero-order chi connectivity index (χ0) is 15.2. The van der Waals surface area contributed by atoms with Crippen molar-refractivity contribution in [2.24, 2.45) is 0 Å². The lowest BCUT2D eigenvalue weighted by molar-refractivity contribution is -0.197.